The Labute approximate surface area is 132 Å². The zero-order valence-electron chi connectivity index (χ0n) is 12.8. The number of rotatable bonds is 5. The third kappa shape index (κ3) is 2.89. The highest BCUT2D eigenvalue weighted by molar-refractivity contribution is 7.15. The standard InChI is InChI=1S/C14H20N6OS/c1-3-8(4-2)13-19-20-14(22-13)16-12(21)11-9-7-15-6-5-10(9)17-18-11/h8,15H,3-7H2,1-2H3,(H,17,18)(H,16,20,21). The minimum absolute atomic E-state index is 0.228. The predicted molar refractivity (Wildman–Crippen MR) is 85.2 cm³/mol. The zero-order valence-corrected chi connectivity index (χ0v) is 13.6. The van der Waals surface area contributed by atoms with E-state index in [4.69, 9.17) is 0 Å². The van der Waals surface area contributed by atoms with Crippen LogP contribution >= 0.6 is 11.3 Å². The first-order chi connectivity index (χ1) is 10.7. The molecule has 0 saturated heterocycles. The van der Waals surface area contributed by atoms with Crippen molar-refractivity contribution in [3.05, 3.63) is 22.0 Å². The SMILES string of the molecule is CCC(CC)c1nnc(NC(=O)c2n[nH]c3c2CNCC3)s1. The number of anilines is 1. The second kappa shape index (κ2) is 6.53. The van der Waals surface area contributed by atoms with Crippen molar-refractivity contribution in [2.45, 2.75) is 45.6 Å². The van der Waals surface area contributed by atoms with E-state index in [-0.39, 0.29) is 5.91 Å². The van der Waals surface area contributed by atoms with E-state index in [9.17, 15) is 4.79 Å². The first-order valence-electron chi connectivity index (χ1n) is 7.64. The minimum Gasteiger partial charge on any atom is -0.312 e. The highest BCUT2D eigenvalue weighted by atomic mass is 32.1. The van der Waals surface area contributed by atoms with Crippen LogP contribution in [0, 0.1) is 0 Å². The van der Waals surface area contributed by atoms with Gasteiger partial charge in [0.1, 0.15) is 5.01 Å². The number of H-pyrrole nitrogens is 1. The van der Waals surface area contributed by atoms with E-state index in [2.05, 4.69) is 44.9 Å². The van der Waals surface area contributed by atoms with Crippen molar-refractivity contribution in [2.24, 2.45) is 0 Å². The average Bonchev–Trinajstić information content (AvgIpc) is 3.15. The van der Waals surface area contributed by atoms with Crippen molar-refractivity contribution in [3.8, 4) is 0 Å². The molecule has 0 aromatic carbocycles. The van der Waals surface area contributed by atoms with Crippen LogP contribution in [-0.2, 0) is 13.0 Å². The van der Waals surface area contributed by atoms with E-state index < -0.39 is 0 Å². The van der Waals surface area contributed by atoms with Gasteiger partial charge < -0.3 is 5.32 Å². The summed E-state index contributed by atoms with van der Waals surface area (Å²) in [6.45, 7) is 5.85. The largest absolute Gasteiger partial charge is 0.312 e. The van der Waals surface area contributed by atoms with Gasteiger partial charge in [-0.15, -0.1) is 10.2 Å². The van der Waals surface area contributed by atoms with Crippen molar-refractivity contribution in [1.82, 2.24) is 25.7 Å². The number of nitrogens with one attached hydrogen (secondary N) is 3. The zero-order chi connectivity index (χ0) is 15.5. The summed E-state index contributed by atoms with van der Waals surface area (Å²) in [7, 11) is 0. The molecule has 0 bridgehead atoms. The summed E-state index contributed by atoms with van der Waals surface area (Å²) < 4.78 is 0. The maximum Gasteiger partial charge on any atom is 0.278 e. The molecule has 0 spiro atoms. The second-order valence-electron chi connectivity index (χ2n) is 5.37. The molecule has 0 atom stereocenters. The predicted octanol–water partition coefficient (Wildman–Crippen LogP) is 2.06. The summed E-state index contributed by atoms with van der Waals surface area (Å²) in [5.74, 6) is 0.180. The number of hydrogen-bond acceptors (Lipinski definition) is 6. The molecule has 0 radical (unpaired) electrons. The fourth-order valence-corrected chi connectivity index (χ4v) is 3.66. The second-order valence-corrected chi connectivity index (χ2v) is 6.38. The fraction of sp³-hybridized carbons (Fsp3) is 0.571. The van der Waals surface area contributed by atoms with Crippen molar-refractivity contribution in [2.75, 3.05) is 11.9 Å². The summed E-state index contributed by atoms with van der Waals surface area (Å²) in [5, 5.41) is 23.0. The van der Waals surface area contributed by atoms with E-state index in [1.165, 1.54) is 11.3 Å². The van der Waals surface area contributed by atoms with Crippen LogP contribution in [-0.4, -0.2) is 32.8 Å². The normalized spacial score (nSPS) is 14.1. The number of aromatic amines is 1. The van der Waals surface area contributed by atoms with Gasteiger partial charge in [-0.3, -0.25) is 15.2 Å². The first-order valence-corrected chi connectivity index (χ1v) is 8.46. The van der Waals surface area contributed by atoms with Crippen LogP contribution in [0.5, 0.6) is 0 Å². The number of amides is 1. The van der Waals surface area contributed by atoms with E-state index in [1.807, 2.05) is 0 Å². The lowest BCUT2D eigenvalue weighted by Gasteiger charge is -2.12. The maximum absolute atomic E-state index is 12.4. The summed E-state index contributed by atoms with van der Waals surface area (Å²) in [5.41, 5.74) is 2.44. The number of carbonyl (C=O) groups excluding carboxylic acids is 1. The van der Waals surface area contributed by atoms with Crippen molar-refractivity contribution < 1.29 is 4.79 Å². The number of carbonyl (C=O) groups is 1. The van der Waals surface area contributed by atoms with Crippen LogP contribution in [0.1, 0.15) is 59.4 Å². The molecule has 3 heterocycles. The highest BCUT2D eigenvalue weighted by Crippen LogP contribution is 2.28. The Kier molecular flexibility index (Phi) is 4.49. The first kappa shape index (κ1) is 15.1. The summed E-state index contributed by atoms with van der Waals surface area (Å²) >= 11 is 1.45. The molecular formula is C14H20N6OS. The third-order valence-corrected chi connectivity index (χ3v) is 5.02. The average molecular weight is 320 g/mol. The van der Waals surface area contributed by atoms with Crippen LogP contribution < -0.4 is 10.6 Å². The van der Waals surface area contributed by atoms with Crippen molar-refractivity contribution in [3.63, 3.8) is 0 Å². The third-order valence-electron chi connectivity index (χ3n) is 4.02. The molecule has 0 saturated carbocycles. The molecule has 118 valence electrons. The molecule has 1 aliphatic heterocycles. The van der Waals surface area contributed by atoms with E-state index in [0.29, 0.717) is 23.3 Å². The number of fused-ring (bicyclic) bond motifs is 1. The molecular weight excluding hydrogens is 300 g/mol. The molecule has 3 N–H and O–H groups in total. The molecule has 1 aliphatic rings. The Bertz CT molecular complexity index is 660. The Morgan fingerprint density at radius 2 is 2.18 bits per heavy atom. The number of hydrogen-bond donors (Lipinski definition) is 3. The molecule has 8 heteroatoms. The molecule has 0 fully saturated rings. The van der Waals surface area contributed by atoms with Gasteiger partial charge >= 0.3 is 0 Å². The van der Waals surface area contributed by atoms with Gasteiger partial charge in [0.15, 0.2) is 5.69 Å². The van der Waals surface area contributed by atoms with E-state index >= 15 is 0 Å². The van der Waals surface area contributed by atoms with Crippen LogP contribution in [0.3, 0.4) is 0 Å². The molecule has 3 rings (SSSR count). The van der Waals surface area contributed by atoms with Gasteiger partial charge in [0.25, 0.3) is 5.91 Å². The van der Waals surface area contributed by atoms with Crippen LogP contribution in [0.2, 0.25) is 0 Å². The topological polar surface area (TPSA) is 95.6 Å². The monoisotopic (exact) mass is 320 g/mol. The van der Waals surface area contributed by atoms with E-state index in [0.717, 1.165) is 42.1 Å². The molecule has 7 nitrogen and oxygen atoms in total. The highest BCUT2D eigenvalue weighted by Gasteiger charge is 2.23. The van der Waals surface area contributed by atoms with Crippen LogP contribution in [0.25, 0.3) is 0 Å². The Morgan fingerprint density at radius 1 is 1.36 bits per heavy atom. The van der Waals surface area contributed by atoms with Crippen molar-refractivity contribution >= 4 is 22.4 Å². The van der Waals surface area contributed by atoms with Gasteiger partial charge in [-0.2, -0.15) is 5.10 Å². The van der Waals surface area contributed by atoms with Gasteiger partial charge in [-0.05, 0) is 12.8 Å². The lowest BCUT2D eigenvalue weighted by molar-refractivity contribution is 0.102. The summed E-state index contributed by atoms with van der Waals surface area (Å²) in [6, 6.07) is 0. The van der Waals surface area contributed by atoms with Crippen molar-refractivity contribution in [1.29, 1.82) is 0 Å². The number of aromatic nitrogens is 4. The Balaban J connectivity index is 1.73. The van der Waals surface area contributed by atoms with Gasteiger partial charge in [-0.1, -0.05) is 25.2 Å². The Hall–Kier alpha value is -1.80. The lowest BCUT2D eigenvalue weighted by Crippen LogP contribution is -2.25. The molecule has 0 aliphatic carbocycles. The van der Waals surface area contributed by atoms with Crippen LogP contribution in [0.15, 0.2) is 0 Å². The summed E-state index contributed by atoms with van der Waals surface area (Å²) in [6.07, 6.45) is 2.92. The molecule has 2 aromatic rings. The van der Waals surface area contributed by atoms with Crippen LogP contribution in [0.4, 0.5) is 5.13 Å². The van der Waals surface area contributed by atoms with Gasteiger partial charge in [0.05, 0.1) is 0 Å². The van der Waals surface area contributed by atoms with Gasteiger partial charge in [0.2, 0.25) is 5.13 Å². The molecule has 0 unspecified atom stereocenters. The number of nitrogens with zero attached hydrogens (tertiary/aromatic N) is 3. The Morgan fingerprint density at radius 3 is 2.95 bits per heavy atom. The molecule has 2 aromatic heterocycles. The van der Waals surface area contributed by atoms with Gasteiger partial charge in [-0.25, -0.2) is 0 Å². The minimum atomic E-state index is -0.228. The fourth-order valence-electron chi connectivity index (χ4n) is 2.66. The van der Waals surface area contributed by atoms with Gasteiger partial charge in [0, 0.05) is 36.7 Å². The summed E-state index contributed by atoms with van der Waals surface area (Å²) in [4.78, 5) is 12.4. The van der Waals surface area contributed by atoms with E-state index in [1.54, 1.807) is 0 Å². The quantitative estimate of drug-likeness (QED) is 0.784. The molecule has 22 heavy (non-hydrogen) atoms. The smallest absolute Gasteiger partial charge is 0.278 e. The maximum atomic E-state index is 12.4. The molecule has 1 amide bonds. The lowest BCUT2D eigenvalue weighted by atomic mass is 10.1.